The Labute approximate surface area is 133 Å². The van der Waals surface area contributed by atoms with E-state index < -0.39 is 5.60 Å². The van der Waals surface area contributed by atoms with Gasteiger partial charge in [0.25, 0.3) is 0 Å². The van der Waals surface area contributed by atoms with Crippen LogP contribution in [0.15, 0.2) is 0 Å². The Morgan fingerprint density at radius 1 is 1.11 bits per heavy atom. The van der Waals surface area contributed by atoms with Crippen LogP contribution < -0.4 is 0 Å². The van der Waals surface area contributed by atoms with E-state index in [9.17, 15) is 4.79 Å². The molecule has 0 saturated heterocycles. The molecule has 3 nitrogen and oxygen atoms in total. The number of hydrogen-bond acceptors (Lipinski definition) is 3. The highest BCUT2D eigenvalue weighted by Gasteiger charge is 2.43. The van der Waals surface area contributed by atoms with Crippen molar-refractivity contribution in [3.63, 3.8) is 0 Å². The Morgan fingerprint density at radius 2 is 1.58 bits per heavy atom. The fraction of sp³-hybridized carbons (Fsp3) is 0.933. The summed E-state index contributed by atoms with van der Waals surface area (Å²) in [5.41, 5.74) is -0.388. The van der Waals surface area contributed by atoms with Gasteiger partial charge in [0.2, 0.25) is 0 Å². The molecule has 0 aliphatic heterocycles. The van der Waals surface area contributed by atoms with Crippen LogP contribution in [-0.2, 0) is 9.53 Å². The molecule has 0 aliphatic carbocycles. The first-order chi connectivity index (χ1) is 8.27. The van der Waals surface area contributed by atoms with Gasteiger partial charge in [-0.1, -0.05) is 41.5 Å². The van der Waals surface area contributed by atoms with Crippen molar-refractivity contribution in [3.8, 4) is 0 Å². The van der Waals surface area contributed by atoms with E-state index in [1.54, 1.807) is 0 Å². The van der Waals surface area contributed by atoms with Crippen molar-refractivity contribution in [1.82, 2.24) is 3.11 Å². The summed E-state index contributed by atoms with van der Waals surface area (Å²) in [5, 5.41) is 0. The van der Waals surface area contributed by atoms with Crippen LogP contribution in [0, 0.1) is 10.8 Å². The molecule has 1 atom stereocenters. The second-order valence-electron chi connectivity index (χ2n) is 7.77. The molecular weight excluding hydrogens is 353 g/mol. The predicted octanol–water partition coefficient (Wildman–Crippen LogP) is 4.44. The lowest BCUT2D eigenvalue weighted by atomic mass is 9.69. The summed E-state index contributed by atoms with van der Waals surface area (Å²) < 4.78 is 7.83. The minimum Gasteiger partial charge on any atom is -0.459 e. The van der Waals surface area contributed by atoms with Crippen LogP contribution >= 0.6 is 22.9 Å². The number of carbonyl (C=O) groups excluding carboxylic acids is 1. The van der Waals surface area contributed by atoms with Crippen molar-refractivity contribution in [1.29, 1.82) is 0 Å². The SMILES string of the molecule is CN(I)CCC(=O)OC(C)(CC(C)(C)C)C(C)(C)C. The van der Waals surface area contributed by atoms with Gasteiger partial charge < -0.3 is 4.74 Å². The summed E-state index contributed by atoms with van der Waals surface area (Å²) in [6, 6.07) is 0. The first-order valence-electron chi connectivity index (χ1n) is 6.86. The maximum absolute atomic E-state index is 12.0. The average molecular weight is 383 g/mol. The number of carbonyl (C=O) groups is 1. The van der Waals surface area contributed by atoms with E-state index >= 15 is 0 Å². The molecule has 0 heterocycles. The summed E-state index contributed by atoms with van der Waals surface area (Å²) in [6.07, 6.45) is 1.30. The Hall–Kier alpha value is 0.160. The van der Waals surface area contributed by atoms with Gasteiger partial charge in [-0.3, -0.25) is 7.91 Å². The number of ether oxygens (including phenoxy) is 1. The van der Waals surface area contributed by atoms with Crippen molar-refractivity contribution in [3.05, 3.63) is 0 Å². The molecule has 19 heavy (non-hydrogen) atoms. The maximum atomic E-state index is 12.0. The van der Waals surface area contributed by atoms with Crippen molar-refractivity contribution in [2.24, 2.45) is 10.8 Å². The Bertz CT molecular complexity index is 302. The molecule has 114 valence electrons. The van der Waals surface area contributed by atoms with Crippen molar-refractivity contribution in [2.75, 3.05) is 13.6 Å². The lowest BCUT2D eigenvalue weighted by molar-refractivity contribution is -0.175. The van der Waals surface area contributed by atoms with E-state index in [1.807, 2.05) is 10.2 Å². The van der Waals surface area contributed by atoms with Crippen molar-refractivity contribution >= 4 is 28.8 Å². The molecule has 0 spiro atoms. The van der Waals surface area contributed by atoms with Gasteiger partial charge in [0.05, 0.1) is 6.42 Å². The van der Waals surface area contributed by atoms with Crippen LogP contribution in [0.1, 0.15) is 61.3 Å². The highest BCUT2D eigenvalue weighted by atomic mass is 127. The topological polar surface area (TPSA) is 29.5 Å². The smallest absolute Gasteiger partial charge is 0.307 e. The number of nitrogens with zero attached hydrogens (tertiary/aromatic N) is 1. The van der Waals surface area contributed by atoms with Crippen LogP contribution in [0.5, 0.6) is 0 Å². The first-order valence-corrected chi connectivity index (χ1v) is 7.82. The van der Waals surface area contributed by atoms with E-state index in [0.29, 0.717) is 6.42 Å². The molecule has 0 rings (SSSR count). The zero-order chi connectivity index (χ0) is 15.5. The Balaban J connectivity index is 4.84. The Kier molecular flexibility index (Phi) is 6.80. The largest absolute Gasteiger partial charge is 0.459 e. The number of halogens is 1. The van der Waals surface area contributed by atoms with Gasteiger partial charge in [-0.2, -0.15) is 0 Å². The van der Waals surface area contributed by atoms with E-state index in [4.69, 9.17) is 4.74 Å². The van der Waals surface area contributed by atoms with E-state index in [0.717, 1.165) is 13.0 Å². The van der Waals surface area contributed by atoms with Crippen LogP contribution in [0.4, 0.5) is 0 Å². The molecule has 4 heteroatoms. The number of esters is 1. The van der Waals surface area contributed by atoms with E-state index in [1.165, 1.54) is 0 Å². The molecule has 0 aromatic heterocycles. The maximum Gasteiger partial charge on any atom is 0.307 e. The van der Waals surface area contributed by atoms with Crippen LogP contribution in [0.3, 0.4) is 0 Å². The summed E-state index contributed by atoms with van der Waals surface area (Å²) in [4.78, 5) is 12.0. The predicted molar refractivity (Wildman–Crippen MR) is 89.3 cm³/mol. The highest BCUT2D eigenvalue weighted by Crippen LogP contribution is 2.42. The Morgan fingerprint density at radius 3 is 1.89 bits per heavy atom. The third-order valence-corrected chi connectivity index (χ3v) is 3.90. The second-order valence-corrected chi connectivity index (χ2v) is 9.42. The summed E-state index contributed by atoms with van der Waals surface area (Å²) in [6.45, 7) is 15.7. The summed E-state index contributed by atoms with van der Waals surface area (Å²) in [7, 11) is 1.95. The van der Waals surface area contributed by atoms with Gasteiger partial charge in [0.1, 0.15) is 5.60 Å². The van der Waals surface area contributed by atoms with Gasteiger partial charge in [-0.05, 0) is 25.8 Å². The molecular formula is C15H30INO2. The zero-order valence-corrected chi connectivity index (χ0v) is 15.9. The summed E-state index contributed by atoms with van der Waals surface area (Å²) in [5.74, 6) is -0.106. The van der Waals surface area contributed by atoms with Gasteiger partial charge in [0, 0.05) is 34.8 Å². The molecule has 0 saturated carbocycles. The molecule has 0 aromatic carbocycles. The standard InChI is InChI=1S/C15H30INO2/c1-13(2,3)11-15(7,14(4,5)6)19-12(18)9-10-17(8)16/h9-11H2,1-8H3. The monoisotopic (exact) mass is 383 g/mol. The van der Waals surface area contributed by atoms with Gasteiger partial charge in [-0.15, -0.1) is 0 Å². The molecule has 0 bridgehead atoms. The summed E-state index contributed by atoms with van der Waals surface area (Å²) >= 11 is 2.18. The minimum atomic E-state index is -0.438. The van der Waals surface area contributed by atoms with Crippen LogP contribution in [-0.4, -0.2) is 28.3 Å². The van der Waals surface area contributed by atoms with Gasteiger partial charge >= 0.3 is 5.97 Å². The highest BCUT2D eigenvalue weighted by molar-refractivity contribution is 14.1. The minimum absolute atomic E-state index is 0.0772. The molecule has 0 aromatic rings. The lowest BCUT2D eigenvalue weighted by Gasteiger charge is -2.44. The number of rotatable bonds is 5. The number of hydrogen-bond donors (Lipinski definition) is 0. The van der Waals surface area contributed by atoms with E-state index in [2.05, 4.69) is 71.3 Å². The van der Waals surface area contributed by atoms with Crippen LogP contribution in [0.2, 0.25) is 0 Å². The molecule has 1 unspecified atom stereocenters. The second kappa shape index (κ2) is 6.74. The fourth-order valence-electron chi connectivity index (χ4n) is 2.01. The fourth-order valence-corrected chi connectivity index (χ4v) is 2.26. The first kappa shape index (κ1) is 19.2. The third kappa shape index (κ3) is 7.49. The quantitative estimate of drug-likeness (QED) is 0.399. The van der Waals surface area contributed by atoms with Crippen molar-refractivity contribution < 1.29 is 9.53 Å². The molecule has 0 radical (unpaired) electrons. The van der Waals surface area contributed by atoms with Gasteiger partial charge in [0.15, 0.2) is 0 Å². The lowest BCUT2D eigenvalue weighted by Crippen LogP contribution is -2.47. The zero-order valence-electron chi connectivity index (χ0n) is 13.8. The van der Waals surface area contributed by atoms with Crippen molar-refractivity contribution in [2.45, 2.75) is 66.9 Å². The molecule has 0 N–H and O–H groups in total. The molecule has 0 aliphatic rings. The molecule has 0 amide bonds. The molecule has 0 fully saturated rings. The van der Waals surface area contributed by atoms with Crippen LogP contribution in [0.25, 0.3) is 0 Å². The third-order valence-electron chi connectivity index (χ3n) is 3.42. The van der Waals surface area contributed by atoms with E-state index in [-0.39, 0.29) is 16.8 Å². The average Bonchev–Trinajstić information content (AvgIpc) is 2.09. The normalized spacial score (nSPS) is 16.3. The van der Waals surface area contributed by atoms with Gasteiger partial charge in [-0.25, -0.2) is 0 Å².